The maximum absolute atomic E-state index is 12.2. The molecule has 8 heteroatoms. The first-order valence-electron chi connectivity index (χ1n) is 5.34. The van der Waals surface area contributed by atoms with Crippen molar-refractivity contribution in [1.29, 1.82) is 0 Å². The zero-order chi connectivity index (χ0) is 13.3. The van der Waals surface area contributed by atoms with Crippen molar-refractivity contribution >= 4 is 51.9 Å². The van der Waals surface area contributed by atoms with Gasteiger partial charge in [-0.25, -0.2) is 0 Å². The van der Waals surface area contributed by atoms with Gasteiger partial charge in [0.25, 0.3) is 5.91 Å². The summed E-state index contributed by atoms with van der Waals surface area (Å²) in [4.78, 5) is 26.8. The highest BCUT2D eigenvalue weighted by atomic mass is 32.2. The lowest BCUT2D eigenvalue weighted by atomic mass is 10.4. The van der Waals surface area contributed by atoms with Crippen LogP contribution in [0.3, 0.4) is 0 Å². The van der Waals surface area contributed by atoms with Crippen LogP contribution in [0.15, 0.2) is 9.93 Å². The van der Waals surface area contributed by atoms with Crippen molar-refractivity contribution in [2.45, 2.75) is 6.42 Å². The summed E-state index contributed by atoms with van der Waals surface area (Å²) in [7, 11) is 1.94. The lowest BCUT2D eigenvalue weighted by Crippen LogP contribution is -2.30. The Morgan fingerprint density at radius 2 is 2.28 bits per heavy atom. The number of carbonyl (C=O) groups is 2. The zero-order valence-corrected chi connectivity index (χ0v) is 12.2. The molecule has 0 bridgehead atoms. The minimum Gasteiger partial charge on any atom is -0.481 e. The highest BCUT2D eigenvalue weighted by Gasteiger charge is 2.36. The number of rotatable bonds is 3. The van der Waals surface area contributed by atoms with Crippen LogP contribution in [0.2, 0.25) is 0 Å². The summed E-state index contributed by atoms with van der Waals surface area (Å²) >= 11 is 8.04. The Morgan fingerprint density at radius 1 is 1.56 bits per heavy atom. The molecule has 0 saturated carbocycles. The van der Waals surface area contributed by atoms with E-state index in [4.69, 9.17) is 17.3 Å². The highest BCUT2D eigenvalue weighted by Crippen LogP contribution is 2.40. The molecule has 0 radical (unpaired) electrons. The lowest BCUT2D eigenvalue weighted by Gasteiger charge is -2.14. The molecule has 5 nitrogen and oxygen atoms in total. The zero-order valence-electron chi connectivity index (χ0n) is 9.71. The number of hydrogen-bond acceptors (Lipinski definition) is 6. The van der Waals surface area contributed by atoms with Crippen LogP contribution in [-0.4, -0.2) is 57.0 Å². The summed E-state index contributed by atoms with van der Waals surface area (Å²) < 4.78 is 0.449. The molecule has 0 aromatic heterocycles. The number of carboxylic acid groups (broad SMARTS) is 1. The smallest absolute Gasteiger partial charge is 0.305 e. The molecule has 0 aliphatic carbocycles. The third-order valence-corrected chi connectivity index (χ3v) is 5.35. The number of amides is 1. The van der Waals surface area contributed by atoms with E-state index < -0.39 is 5.97 Å². The molecule has 1 amide bonds. The van der Waals surface area contributed by atoms with Gasteiger partial charge in [0.2, 0.25) is 0 Å². The van der Waals surface area contributed by atoms with Crippen LogP contribution < -0.4 is 0 Å². The predicted molar refractivity (Wildman–Crippen MR) is 76.3 cm³/mol. The number of hydrogen-bond donors (Lipinski definition) is 1. The molecule has 1 N–H and O–H groups in total. The summed E-state index contributed by atoms with van der Waals surface area (Å²) in [5.74, 6) is -0.128. The van der Waals surface area contributed by atoms with Crippen LogP contribution in [0.1, 0.15) is 6.42 Å². The first-order valence-corrected chi connectivity index (χ1v) is 7.55. The van der Waals surface area contributed by atoms with Gasteiger partial charge in [0.1, 0.15) is 9.23 Å². The van der Waals surface area contributed by atoms with Crippen LogP contribution in [0.4, 0.5) is 0 Å². The van der Waals surface area contributed by atoms with Crippen LogP contribution in [-0.2, 0) is 9.59 Å². The van der Waals surface area contributed by atoms with Crippen LogP contribution in [0.5, 0.6) is 0 Å². The lowest BCUT2D eigenvalue weighted by molar-refractivity contribution is -0.137. The van der Waals surface area contributed by atoms with E-state index in [2.05, 4.69) is 0 Å². The van der Waals surface area contributed by atoms with Crippen molar-refractivity contribution in [3.8, 4) is 0 Å². The molecule has 98 valence electrons. The Morgan fingerprint density at radius 3 is 2.83 bits per heavy atom. The fourth-order valence-corrected chi connectivity index (χ4v) is 4.37. The molecule has 2 fully saturated rings. The van der Waals surface area contributed by atoms with E-state index in [0.29, 0.717) is 9.23 Å². The van der Waals surface area contributed by atoms with Crippen LogP contribution in [0, 0.1) is 0 Å². The van der Waals surface area contributed by atoms with Crippen molar-refractivity contribution in [1.82, 2.24) is 9.80 Å². The van der Waals surface area contributed by atoms with Gasteiger partial charge in [0, 0.05) is 25.9 Å². The molecule has 0 spiro atoms. The number of thiocarbonyl (C=S) groups is 1. The summed E-state index contributed by atoms with van der Waals surface area (Å²) in [5.41, 5.74) is 0. The Balaban J connectivity index is 2.16. The van der Waals surface area contributed by atoms with Crippen molar-refractivity contribution < 1.29 is 14.7 Å². The second-order valence-electron chi connectivity index (χ2n) is 3.87. The van der Waals surface area contributed by atoms with Gasteiger partial charge in [-0.05, 0) is 0 Å². The number of nitrogens with zero attached hydrogens (tertiary/aromatic N) is 2. The third kappa shape index (κ3) is 2.65. The van der Waals surface area contributed by atoms with Crippen LogP contribution >= 0.6 is 35.7 Å². The van der Waals surface area contributed by atoms with Crippen molar-refractivity contribution in [3.63, 3.8) is 0 Å². The van der Waals surface area contributed by atoms with E-state index in [1.165, 1.54) is 16.7 Å². The van der Waals surface area contributed by atoms with Gasteiger partial charge in [-0.2, -0.15) is 0 Å². The topological polar surface area (TPSA) is 60.9 Å². The molecule has 2 saturated heterocycles. The highest BCUT2D eigenvalue weighted by molar-refractivity contribution is 8.27. The molecule has 0 aromatic rings. The van der Waals surface area contributed by atoms with Crippen molar-refractivity contribution in [2.75, 3.05) is 25.9 Å². The average molecular weight is 304 g/mol. The second-order valence-corrected chi connectivity index (χ2v) is 6.60. The van der Waals surface area contributed by atoms with E-state index in [9.17, 15) is 9.59 Å². The predicted octanol–water partition coefficient (Wildman–Crippen LogP) is 1.17. The third-order valence-electron chi connectivity index (χ3n) is 2.60. The minimum absolute atomic E-state index is 0.0853. The van der Waals surface area contributed by atoms with Gasteiger partial charge >= 0.3 is 5.97 Å². The summed E-state index contributed by atoms with van der Waals surface area (Å²) in [6.07, 6.45) is -0.0853. The molecule has 2 rings (SSSR count). The fraction of sp³-hybridized carbons (Fsp3) is 0.500. The van der Waals surface area contributed by atoms with Gasteiger partial charge in [-0.3, -0.25) is 14.5 Å². The van der Waals surface area contributed by atoms with Gasteiger partial charge in [-0.1, -0.05) is 24.0 Å². The molecular weight excluding hydrogens is 292 g/mol. The monoisotopic (exact) mass is 304 g/mol. The first-order chi connectivity index (χ1) is 8.50. The maximum Gasteiger partial charge on any atom is 0.305 e. The van der Waals surface area contributed by atoms with E-state index in [-0.39, 0.29) is 18.9 Å². The first kappa shape index (κ1) is 13.7. The van der Waals surface area contributed by atoms with Gasteiger partial charge in [0.15, 0.2) is 0 Å². The largest absolute Gasteiger partial charge is 0.481 e. The second kappa shape index (κ2) is 5.50. The Bertz CT molecular complexity index is 450. The normalized spacial score (nSPS) is 24.3. The molecule has 0 atom stereocenters. The molecule has 2 aliphatic rings. The van der Waals surface area contributed by atoms with Crippen molar-refractivity contribution in [2.24, 2.45) is 0 Å². The molecule has 0 unspecified atom stereocenters. The fourth-order valence-electron chi connectivity index (χ4n) is 1.66. The van der Waals surface area contributed by atoms with E-state index in [0.717, 1.165) is 17.3 Å². The summed E-state index contributed by atoms with van der Waals surface area (Å²) in [6, 6.07) is 0. The quantitative estimate of drug-likeness (QED) is 0.620. The molecule has 2 heterocycles. The number of carboxylic acids is 1. The summed E-state index contributed by atoms with van der Waals surface area (Å²) in [5, 5.41) is 9.60. The van der Waals surface area contributed by atoms with Gasteiger partial charge in [0.05, 0.1) is 11.4 Å². The average Bonchev–Trinajstić information content (AvgIpc) is 2.81. The molecular formula is C10H12N2O3S3. The number of carbonyl (C=O) groups excluding carboxylic acids is 1. The molecule has 2 aliphatic heterocycles. The molecule has 0 aromatic carbocycles. The Hall–Kier alpha value is -0.730. The van der Waals surface area contributed by atoms with Gasteiger partial charge in [-0.15, -0.1) is 11.8 Å². The SMILES string of the molecule is CN1CCS/C1=C1/SC(=S)N(CCC(=O)O)C1=O. The van der Waals surface area contributed by atoms with E-state index in [1.807, 2.05) is 11.9 Å². The summed E-state index contributed by atoms with van der Waals surface area (Å²) in [6.45, 7) is 1.06. The van der Waals surface area contributed by atoms with Gasteiger partial charge < -0.3 is 10.0 Å². The molecule has 18 heavy (non-hydrogen) atoms. The Kier molecular flexibility index (Phi) is 4.18. The van der Waals surface area contributed by atoms with E-state index in [1.54, 1.807) is 11.8 Å². The maximum atomic E-state index is 12.2. The minimum atomic E-state index is -0.927. The number of thioether (sulfide) groups is 2. The standard InChI is InChI=1S/C10H12N2O3S3/c1-11-4-5-17-9(11)7-8(15)12(10(16)18-7)3-2-6(13)14/h2-5H2,1H3,(H,13,14)/b9-7+. The van der Waals surface area contributed by atoms with E-state index >= 15 is 0 Å². The van der Waals surface area contributed by atoms with Crippen molar-refractivity contribution in [3.05, 3.63) is 9.93 Å². The number of aliphatic carboxylic acids is 1. The van der Waals surface area contributed by atoms with Crippen LogP contribution in [0.25, 0.3) is 0 Å². The Labute approximate surface area is 119 Å².